The lowest BCUT2D eigenvalue weighted by atomic mass is 9.54. The number of ether oxygens (including phenoxy) is 1. The summed E-state index contributed by atoms with van der Waals surface area (Å²) in [6.45, 7) is 8.55. The van der Waals surface area contributed by atoms with Gasteiger partial charge < -0.3 is 15.8 Å². The zero-order chi connectivity index (χ0) is 18.9. The van der Waals surface area contributed by atoms with Crippen molar-refractivity contribution >= 4 is 5.91 Å². The standard InChI is InChI=1S/C20H28N4O2/c1-5-26-17-13-20(21,19(17,3)4)18(25)23-14(2)15-9-6-7-10-16(15)24-12-8-11-22-24/h6-12,14,17H,5,13,21H2,1-4H3,(H,23,25). The Labute approximate surface area is 154 Å². The molecule has 0 spiro atoms. The topological polar surface area (TPSA) is 82.2 Å². The molecule has 140 valence electrons. The number of nitrogens with zero attached hydrogens (tertiary/aromatic N) is 2. The largest absolute Gasteiger partial charge is 0.378 e. The second-order valence-electron chi connectivity index (χ2n) is 7.55. The summed E-state index contributed by atoms with van der Waals surface area (Å²) in [5.74, 6) is -0.138. The predicted octanol–water partition coefficient (Wildman–Crippen LogP) is 2.58. The van der Waals surface area contributed by atoms with Crippen molar-refractivity contribution in [2.45, 2.75) is 51.8 Å². The Kier molecular flexibility index (Phi) is 4.90. The summed E-state index contributed by atoms with van der Waals surface area (Å²) < 4.78 is 7.52. The smallest absolute Gasteiger partial charge is 0.241 e. The molecular weight excluding hydrogens is 328 g/mol. The zero-order valence-corrected chi connectivity index (χ0v) is 15.9. The van der Waals surface area contributed by atoms with Gasteiger partial charge in [0, 0.05) is 30.8 Å². The zero-order valence-electron chi connectivity index (χ0n) is 15.9. The highest BCUT2D eigenvalue weighted by molar-refractivity contribution is 5.89. The van der Waals surface area contributed by atoms with Gasteiger partial charge in [0.05, 0.1) is 17.8 Å². The van der Waals surface area contributed by atoms with E-state index in [1.54, 1.807) is 10.9 Å². The fraction of sp³-hybridized carbons (Fsp3) is 0.500. The third kappa shape index (κ3) is 2.93. The number of nitrogens with one attached hydrogen (secondary N) is 1. The van der Waals surface area contributed by atoms with Gasteiger partial charge in [-0.25, -0.2) is 4.68 Å². The molecule has 0 aliphatic heterocycles. The Balaban J connectivity index is 1.77. The van der Waals surface area contributed by atoms with Crippen LogP contribution in [-0.4, -0.2) is 33.9 Å². The van der Waals surface area contributed by atoms with Crippen LogP contribution in [0.5, 0.6) is 0 Å². The van der Waals surface area contributed by atoms with E-state index in [-0.39, 0.29) is 18.1 Å². The summed E-state index contributed by atoms with van der Waals surface area (Å²) >= 11 is 0. The van der Waals surface area contributed by atoms with Crippen LogP contribution >= 0.6 is 0 Å². The summed E-state index contributed by atoms with van der Waals surface area (Å²) in [5, 5.41) is 7.40. The minimum absolute atomic E-state index is 0.00918. The molecule has 0 radical (unpaired) electrons. The van der Waals surface area contributed by atoms with E-state index < -0.39 is 11.0 Å². The van der Waals surface area contributed by atoms with Crippen molar-refractivity contribution < 1.29 is 9.53 Å². The quantitative estimate of drug-likeness (QED) is 0.833. The number of nitrogens with two attached hydrogens (primary N) is 1. The number of carbonyl (C=O) groups excluding carboxylic acids is 1. The van der Waals surface area contributed by atoms with Crippen molar-refractivity contribution in [3.8, 4) is 5.69 Å². The van der Waals surface area contributed by atoms with Crippen LogP contribution < -0.4 is 11.1 Å². The maximum atomic E-state index is 13.0. The van der Waals surface area contributed by atoms with Crippen LogP contribution in [0.15, 0.2) is 42.7 Å². The highest BCUT2D eigenvalue weighted by Crippen LogP contribution is 2.50. The molecule has 1 aliphatic carbocycles. The fourth-order valence-electron chi connectivity index (χ4n) is 3.70. The second kappa shape index (κ2) is 6.85. The van der Waals surface area contributed by atoms with Crippen LogP contribution in [0.2, 0.25) is 0 Å². The van der Waals surface area contributed by atoms with E-state index in [2.05, 4.69) is 10.4 Å². The fourth-order valence-corrected chi connectivity index (χ4v) is 3.70. The van der Waals surface area contributed by atoms with Crippen molar-refractivity contribution in [3.05, 3.63) is 48.3 Å². The molecule has 1 aromatic heterocycles. The van der Waals surface area contributed by atoms with Gasteiger partial charge in [-0.2, -0.15) is 5.10 Å². The van der Waals surface area contributed by atoms with Crippen LogP contribution in [0.3, 0.4) is 0 Å². The number of amides is 1. The summed E-state index contributed by atoms with van der Waals surface area (Å²) in [5.41, 5.74) is 7.09. The molecule has 2 aromatic rings. The van der Waals surface area contributed by atoms with Gasteiger partial charge in [-0.1, -0.05) is 32.0 Å². The molecule has 1 heterocycles. The molecule has 6 heteroatoms. The van der Waals surface area contributed by atoms with Gasteiger partial charge in [-0.15, -0.1) is 0 Å². The third-order valence-electron chi connectivity index (χ3n) is 5.74. The minimum atomic E-state index is -0.929. The summed E-state index contributed by atoms with van der Waals surface area (Å²) in [4.78, 5) is 13.0. The van der Waals surface area contributed by atoms with Crippen LogP contribution in [-0.2, 0) is 9.53 Å². The van der Waals surface area contributed by atoms with E-state index >= 15 is 0 Å². The maximum Gasteiger partial charge on any atom is 0.241 e. The Morgan fingerprint density at radius 3 is 2.77 bits per heavy atom. The molecule has 1 aliphatic rings. The van der Waals surface area contributed by atoms with Crippen molar-refractivity contribution in [1.82, 2.24) is 15.1 Å². The number of benzene rings is 1. The van der Waals surface area contributed by atoms with E-state index in [9.17, 15) is 4.79 Å². The van der Waals surface area contributed by atoms with E-state index in [1.165, 1.54) is 0 Å². The van der Waals surface area contributed by atoms with E-state index in [0.717, 1.165) is 11.3 Å². The molecule has 26 heavy (non-hydrogen) atoms. The summed E-state index contributed by atoms with van der Waals surface area (Å²) in [6.07, 6.45) is 4.17. The number of hydrogen-bond acceptors (Lipinski definition) is 4. The van der Waals surface area contributed by atoms with Gasteiger partial charge in [-0.3, -0.25) is 4.79 Å². The number of carbonyl (C=O) groups is 1. The van der Waals surface area contributed by atoms with Gasteiger partial charge in [0.1, 0.15) is 5.54 Å². The average Bonchev–Trinajstić information content (AvgIpc) is 3.15. The van der Waals surface area contributed by atoms with Gasteiger partial charge in [0.2, 0.25) is 5.91 Å². The van der Waals surface area contributed by atoms with Crippen LogP contribution in [0, 0.1) is 5.41 Å². The highest BCUT2D eigenvalue weighted by Gasteiger charge is 2.62. The first-order valence-electron chi connectivity index (χ1n) is 9.11. The molecule has 1 saturated carbocycles. The van der Waals surface area contributed by atoms with Gasteiger partial charge in [0.25, 0.3) is 0 Å². The van der Waals surface area contributed by atoms with Crippen molar-refractivity contribution in [1.29, 1.82) is 0 Å². The highest BCUT2D eigenvalue weighted by atomic mass is 16.5. The molecular formula is C20H28N4O2. The molecule has 1 amide bonds. The molecule has 3 unspecified atom stereocenters. The Hall–Kier alpha value is -2.18. The van der Waals surface area contributed by atoms with Crippen LogP contribution in [0.4, 0.5) is 0 Å². The first kappa shape index (κ1) is 18.6. The third-order valence-corrected chi connectivity index (χ3v) is 5.74. The van der Waals surface area contributed by atoms with E-state index in [1.807, 2.05) is 64.2 Å². The molecule has 6 nitrogen and oxygen atoms in total. The first-order chi connectivity index (χ1) is 12.3. The lowest BCUT2D eigenvalue weighted by molar-refractivity contribution is -0.171. The van der Waals surface area contributed by atoms with Crippen molar-refractivity contribution in [2.75, 3.05) is 6.61 Å². The van der Waals surface area contributed by atoms with Crippen LogP contribution in [0.1, 0.15) is 45.7 Å². The SMILES string of the molecule is CCOC1CC(N)(C(=O)NC(C)c2ccccc2-n2cccn2)C1(C)C. The molecule has 0 bridgehead atoms. The normalized spacial score (nSPS) is 25.3. The van der Waals surface area contributed by atoms with Gasteiger partial charge in [-0.05, 0) is 31.5 Å². The molecule has 1 aromatic carbocycles. The van der Waals surface area contributed by atoms with E-state index in [0.29, 0.717) is 13.0 Å². The summed E-state index contributed by atoms with van der Waals surface area (Å²) in [6, 6.07) is 9.59. The van der Waals surface area contributed by atoms with Gasteiger partial charge >= 0.3 is 0 Å². The number of rotatable bonds is 6. The minimum Gasteiger partial charge on any atom is -0.378 e. The molecule has 1 fully saturated rings. The molecule has 0 saturated heterocycles. The Morgan fingerprint density at radius 2 is 2.15 bits per heavy atom. The maximum absolute atomic E-state index is 13.0. The lowest BCUT2D eigenvalue weighted by Gasteiger charge is -2.57. The first-order valence-corrected chi connectivity index (χ1v) is 9.11. The predicted molar refractivity (Wildman–Crippen MR) is 101 cm³/mol. The van der Waals surface area contributed by atoms with Crippen LogP contribution in [0.25, 0.3) is 5.69 Å². The molecule has 3 rings (SSSR count). The monoisotopic (exact) mass is 356 g/mol. The Morgan fingerprint density at radius 1 is 1.42 bits per heavy atom. The number of aromatic nitrogens is 2. The number of hydrogen-bond donors (Lipinski definition) is 2. The van der Waals surface area contributed by atoms with E-state index in [4.69, 9.17) is 10.5 Å². The van der Waals surface area contributed by atoms with Crippen molar-refractivity contribution in [2.24, 2.45) is 11.1 Å². The molecule has 3 atom stereocenters. The summed E-state index contributed by atoms with van der Waals surface area (Å²) in [7, 11) is 0. The van der Waals surface area contributed by atoms with Crippen molar-refractivity contribution in [3.63, 3.8) is 0 Å². The Bertz CT molecular complexity index is 772. The van der Waals surface area contributed by atoms with Gasteiger partial charge in [0.15, 0.2) is 0 Å². The average molecular weight is 356 g/mol. The lowest BCUT2D eigenvalue weighted by Crippen LogP contribution is -2.75. The second-order valence-corrected chi connectivity index (χ2v) is 7.55. The number of para-hydroxylation sites is 1. The molecule has 3 N–H and O–H groups in total.